The minimum atomic E-state index is -0.788. The number of hydrogen-bond acceptors (Lipinski definition) is 2. The highest BCUT2D eigenvalue weighted by Gasteiger charge is 2.65. The number of carboxylic acids is 1. The van der Waals surface area contributed by atoms with Crippen LogP contribution in [0.5, 0.6) is 0 Å². The summed E-state index contributed by atoms with van der Waals surface area (Å²) in [4.78, 5) is 10.8. The van der Waals surface area contributed by atoms with Crippen LogP contribution in [0.4, 0.5) is 0 Å². The lowest BCUT2D eigenvalue weighted by Gasteiger charge is -2.39. The summed E-state index contributed by atoms with van der Waals surface area (Å²) in [6.07, 6.45) is 1.78. The Labute approximate surface area is 90.5 Å². The number of carboxylic acid groups (broad SMARTS) is 1. The number of aliphatic hydroxyl groups is 1. The van der Waals surface area contributed by atoms with Gasteiger partial charge in [-0.15, -0.1) is 0 Å². The van der Waals surface area contributed by atoms with Gasteiger partial charge in [0, 0.05) is 5.92 Å². The first-order valence-corrected chi connectivity index (χ1v) is 5.70. The summed E-state index contributed by atoms with van der Waals surface area (Å²) in [5.41, 5.74) is 0.0714. The fraction of sp³-hybridized carbons (Fsp3) is 0.917. The van der Waals surface area contributed by atoms with Crippen LogP contribution < -0.4 is 0 Å². The van der Waals surface area contributed by atoms with E-state index in [1.807, 2.05) is 0 Å². The van der Waals surface area contributed by atoms with Crippen molar-refractivity contribution in [3.63, 3.8) is 0 Å². The molecular weight excluding hydrogens is 192 g/mol. The number of hydrogen-bond donors (Lipinski definition) is 2. The molecule has 0 heterocycles. The number of aliphatic carboxylic acids is 1. The number of rotatable bonds is 2. The van der Waals surface area contributed by atoms with Gasteiger partial charge in [-0.3, -0.25) is 4.79 Å². The number of aliphatic hydroxyl groups excluding tert-OH is 1. The Morgan fingerprint density at radius 3 is 2.40 bits per heavy atom. The molecule has 0 aromatic carbocycles. The fourth-order valence-corrected chi connectivity index (χ4v) is 4.01. The Balaban J connectivity index is 2.32. The van der Waals surface area contributed by atoms with E-state index in [0.717, 1.165) is 12.8 Å². The Bertz CT molecular complexity index is 297. The van der Waals surface area contributed by atoms with Crippen LogP contribution >= 0.6 is 0 Å². The second-order valence-corrected chi connectivity index (χ2v) is 5.98. The lowest BCUT2D eigenvalue weighted by atomic mass is 9.66. The van der Waals surface area contributed by atoms with Crippen LogP contribution in [-0.4, -0.2) is 22.3 Å². The Morgan fingerprint density at radius 1 is 1.40 bits per heavy atom. The zero-order valence-corrected chi connectivity index (χ0v) is 9.66. The van der Waals surface area contributed by atoms with Crippen molar-refractivity contribution in [3.8, 4) is 0 Å². The van der Waals surface area contributed by atoms with Crippen LogP contribution in [0.15, 0.2) is 0 Å². The predicted molar refractivity (Wildman–Crippen MR) is 56.4 cm³/mol. The van der Waals surface area contributed by atoms with E-state index in [0.29, 0.717) is 0 Å². The molecular formula is C12H20O3. The molecule has 3 nitrogen and oxygen atoms in total. The van der Waals surface area contributed by atoms with E-state index in [9.17, 15) is 9.90 Å². The molecule has 0 aliphatic heterocycles. The van der Waals surface area contributed by atoms with Gasteiger partial charge in [0.15, 0.2) is 0 Å². The first kappa shape index (κ1) is 10.9. The Hall–Kier alpha value is -0.570. The molecule has 2 N–H and O–H groups in total. The van der Waals surface area contributed by atoms with Crippen molar-refractivity contribution in [1.82, 2.24) is 0 Å². The molecule has 2 saturated carbocycles. The Morgan fingerprint density at radius 2 is 2.00 bits per heavy atom. The summed E-state index contributed by atoms with van der Waals surface area (Å²) in [5, 5.41) is 19.1. The van der Waals surface area contributed by atoms with E-state index < -0.39 is 12.1 Å². The molecule has 0 saturated heterocycles. The Kier molecular flexibility index (Phi) is 2.16. The molecule has 2 rings (SSSR count). The van der Waals surface area contributed by atoms with Gasteiger partial charge in [-0.1, -0.05) is 20.8 Å². The van der Waals surface area contributed by atoms with Gasteiger partial charge in [0.05, 0.1) is 12.5 Å². The second kappa shape index (κ2) is 2.97. The SMILES string of the molecule is CC1(C)C2CCC1(C)C(CC(=O)O)C2O. The summed E-state index contributed by atoms with van der Waals surface area (Å²) < 4.78 is 0. The third-order valence-electron chi connectivity index (χ3n) is 5.41. The predicted octanol–water partition coefficient (Wildman–Crippen LogP) is 1.89. The standard InChI is InChI=1S/C12H20O3/c1-11(2)7-4-5-12(11,3)8(10(7)15)6-9(13)14/h7-8,10,15H,4-6H2,1-3H3,(H,13,14). The summed E-state index contributed by atoms with van der Waals surface area (Å²) in [7, 11) is 0. The van der Waals surface area contributed by atoms with E-state index in [-0.39, 0.29) is 29.1 Å². The normalized spacial score (nSPS) is 47.1. The van der Waals surface area contributed by atoms with Crippen molar-refractivity contribution >= 4 is 5.97 Å². The third-order valence-corrected chi connectivity index (χ3v) is 5.41. The average Bonchev–Trinajstić information content (AvgIpc) is 2.39. The maximum absolute atomic E-state index is 10.8. The minimum Gasteiger partial charge on any atom is -0.481 e. The molecule has 86 valence electrons. The topological polar surface area (TPSA) is 57.5 Å². The van der Waals surface area contributed by atoms with Crippen LogP contribution in [0.2, 0.25) is 0 Å². The molecule has 4 unspecified atom stereocenters. The highest BCUT2D eigenvalue weighted by atomic mass is 16.4. The van der Waals surface area contributed by atoms with Gasteiger partial charge in [0.1, 0.15) is 0 Å². The maximum Gasteiger partial charge on any atom is 0.303 e. The van der Waals surface area contributed by atoms with Gasteiger partial charge in [-0.05, 0) is 29.6 Å². The molecule has 2 aliphatic carbocycles. The van der Waals surface area contributed by atoms with Crippen molar-refractivity contribution in [2.45, 2.75) is 46.1 Å². The van der Waals surface area contributed by atoms with Crippen molar-refractivity contribution in [2.24, 2.45) is 22.7 Å². The van der Waals surface area contributed by atoms with Crippen LogP contribution in [0.1, 0.15) is 40.0 Å². The van der Waals surface area contributed by atoms with Gasteiger partial charge in [-0.2, -0.15) is 0 Å². The summed E-state index contributed by atoms with van der Waals surface area (Å²) in [6, 6.07) is 0. The zero-order valence-electron chi connectivity index (χ0n) is 9.66. The molecule has 15 heavy (non-hydrogen) atoms. The van der Waals surface area contributed by atoms with Crippen LogP contribution in [0, 0.1) is 22.7 Å². The first-order chi connectivity index (χ1) is 6.80. The highest BCUT2D eigenvalue weighted by molar-refractivity contribution is 5.67. The molecule has 0 radical (unpaired) electrons. The quantitative estimate of drug-likeness (QED) is 0.735. The van der Waals surface area contributed by atoms with Crippen LogP contribution in [-0.2, 0) is 4.79 Å². The van der Waals surface area contributed by atoms with Crippen molar-refractivity contribution in [3.05, 3.63) is 0 Å². The summed E-state index contributed by atoms with van der Waals surface area (Å²) >= 11 is 0. The van der Waals surface area contributed by atoms with E-state index >= 15 is 0 Å². The van der Waals surface area contributed by atoms with Crippen LogP contribution in [0.3, 0.4) is 0 Å². The fourth-order valence-electron chi connectivity index (χ4n) is 4.01. The summed E-state index contributed by atoms with van der Waals surface area (Å²) in [5.74, 6) is -0.570. The molecule has 2 fully saturated rings. The lowest BCUT2D eigenvalue weighted by Crippen LogP contribution is -2.36. The van der Waals surface area contributed by atoms with E-state index in [2.05, 4.69) is 20.8 Å². The monoisotopic (exact) mass is 212 g/mol. The van der Waals surface area contributed by atoms with Crippen LogP contribution in [0.25, 0.3) is 0 Å². The molecule has 0 aromatic heterocycles. The van der Waals surface area contributed by atoms with Crippen molar-refractivity contribution in [2.75, 3.05) is 0 Å². The molecule has 4 atom stereocenters. The third kappa shape index (κ3) is 1.19. The number of carbonyl (C=O) groups is 1. The lowest BCUT2D eigenvalue weighted by molar-refractivity contribution is -0.141. The second-order valence-electron chi connectivity index (χ2n) is 5.98. The van der Waals surface area contributed by atoms with Gasteiger partial charge in [0.25, 0.3) is 0 Å². The first-order valence-electron chi connectivity index (χ1n) is 5.70. The zero-order chi connectivity index (χ0) is 11.4. The molecule has 3 heteroatoms. The summed E-state index contributed by atoms with van der Waals surface area (Å²) in [6.45, 7) is 6.50. The molecule has 0 aromatic rings. The van der Waals surface area contributed by atoms with Crippen molar-refractivity contribution in [1.29, 1.82) is 0 Å². The largest absolute Gasteiger partial charge is 0.481 e. The van der Waals surface area contributed by atoms with E-state index in [1.54, 1.807) is 0 Å². The molecule has 2 bridgehead atoms. The highest BCUT2D eigenvalue weighted by Crippen LogP contribution is 2.68. The molecule has 0 spiro atoms. The van der Waals surface area contributed by atoms with E-state index in [1.165, 1.54) is 0 Å². The minimum absolute atomic E-state index is 0.00449. The van der Waals surface area contributed by atoms with E-state index in [4.69, 9.17) is 5.11 Å². The van der Waals surface area contributed by atoms with Gasteiger partial charge < -0.3 is 10.2 Å². The van der Waals surface area contributed by atoms with Crippen molar-refractivity contribution < 1.29 is 15.0 Å². The molecule has 2 aliphatic rings. The average molecular weight is 212 g/mol. The van der Waals surface area contributed by atoms with Gasteiger partial charge >= 0.3 is 5.97 Å². The maximum atomic E-state index is 10.8. The van der Waals surface area contributed by atoms with Gasteiger partial charge in [0.2, 0.25) is 0 Å². The smallest absolute Gasteiger partial charge is 0.303 e. The van der Waals surface area contributed by atoms with Gasteiger partial charge in [-0.25, -0.2) is 0 Å². The number of fused-ring (bicyclic) bond motifs is 2. The molecule has 0 amide bonds.